The summed E-state index contributed by atoms with van der Waals surface area (Å²) in [5.74, 6) is 0.505. The van der Waals surface area contributed by atoms with E-state index in [1.165, 1.54) is 0 Å². The standard InChI is InChI=1S/C23H25N3O2/c1-4-14-28-22-12-10-19(11-13-22)23(27)25-24-16-20-15-17(2)26(18(20)3)21-8-6-5-7-9-21/h5-13,15-16H,4,14H2,1-3H3,(H,25,27)/b24-16-. The van der Waals surface area contributed by atoms with Gasteiger partial charge < -0.3 is 9.30 Å². The number of ether oxygens (including phenoxy) is 1. The Morgan fingerprint density at radius 2 is 1.82 bits per heavy atom. The van der Waals surface area contributed by atoms with Crippen LogP contribution < -0.4 is 10.2 Å². The van der Waals surface area contributed by atoms with Crippen molar-refractivity contribution < 1.29 is 9.53 Å². The second kappa shape index (κ2) is 9.04. The van der Waals surface area contributed by atoms with Gasteiger partial charge in [-0.15, -0.1) is 0 Å². The van der Waals surface area contributed by atoms with Crippen molar-refractivity contribution in [1.29, 1.82) is 0 Å². The van der Waals surface area contributed by atoms with E-state index in [9.17, 15) is 4.79 Å². The fraction of sp³-hybridized carbons (Fsp3) is 0.217. The van der Waals surface area contributed by atoms with Crippen LogP contribution in [0.25, 0.3) is 5.69 Å². The molecule has 0 radical (unpaired) electrons. The molecule has 0 saturated carbocycles. The van der Waals surface area contributed by atoms with E-state index in [0.717, 1.165) is 34.8 Å². The number of aryl methyl sites for hydroxylation is 1. The van der Waals surface area contributed by atoms with Gasteiger partial charge >= 0.3 is 0 Å². The maximum absolute atomic E-state index is 12.3. The lowest BCUT2D eigenvalue weighted by atomic mass is 10.2. The zero-order chi connectivity index (χ0) is 19.9. The van der Waals surface area contributed by atoms with Gasteiger partial charge in [-0.1, -0.05) is 25.1 Å². The highest BCUT2D eigenvalue weighted by molar-refractivity contribution is 5.95. The molecule has 0 unspecified atom stereocenters. The first-order valence-corrected chi connectivity index (χ1v) is 9.40. The molecule has 1 N–H and O–H groups in total. The number of nitrogens with one attached hydrogen (secondary N) is 1. The zero-order valence-electron chi connectivity index (χ0n) is 16.5. The molecule has 2 aromatic carbocycles. The van der Waals surface area contributed by atoms with Crippen molar-refractivity contribution in [3.05, 3.63) is 83.2 Å². The molecule has 28 heavy (non-hydrogen) atoms. The summed E-state index contributed by atoms with van der Waals surface area (Å²) in [6.07, 6.45) is 2.63. The van der Waals surface area contributed by atoms with Gasteiger partial charge in [-0.2, -0.15) is 5.10 Å². The number of benzene rings is 2. The molecule has 144 valence electrons. The van der Waals surface area contributed by atoms with E-state index in [-0.39, 0.29) is 5.91 Å². The van der Waals surface area contributed by atoms with Gasteiger partial charge in [-0.3, -0.25) is 4.79 Å². The lowest BCUT2D eigenvalue weighted by Crippen LogP contribution is -2.17. The normalized spacial score (nSPS) is 11.0. The number of hydrazone groups is 1. The molecule has 0 aliphatic heterocycles. The van der Waals surface area contributed by atoms with Gasteiger partial charge in [-0.25, -0.2) is 5.43 Å². The maximum atomic E-state index is 12.3. The van der Waals surface area contributed by atoms with Crippen molar-refractivity contribution in [1.82, 2.24) is 9.99 Å². The Hall–Kier alpha value is -3.34. The molecular weight excluding hydrogens is 350 g/mol. The van der Waals surface area contributed by atoms with Gasteiger partial charge in [0.15, 0.2) is 0 Å². The molecule has 0 atom stereocenters. The highest BCUT2D eigenvalue weighted by Gasteiger charge is 2.09. The van der Waals surface area contributed by atoms with Crippen LogP contribution in [0, 0.1) is 13.8 Å². The van der Waals surface area contributed by atoms with Crippen LogP contribution in [0.5, 0.6) is 5.75 Å². The van der Waals surface area contributed by atoms with Crippen molar-refractivity contribution in [3.63, 3.8) is 0 Å². The predicted octanol–water partition coefficient (Wildman–Crippen LogP) is 4.65. The molecule has 3 aromatic rings. The summed E-state index contributed by atoms with van der Waals surface area (Å²) in [5, 5.41) is 4.13. The number of carbonyl (C=O) groups excluding carboxylic acids is 1. The van der Waals surface area contributed by atoms with E-state index in [1.54, 1.807) is 30.5 Å². The van der Waals surface area contributed by atoms with E-state index in [0.29, 0.717) is 12.2 Å². The third kappa shape index (κ3) is 4.49. The fourth-order valence-electron chi connectivity index (χ4n) is 3.04. The molecule has 0 bridgehead atoms. The molecule has 5 nitrogen and oxygen atoms in total. The average molecular weight is 375 g/mol. The molecule has 0 spiro atoms. The highest BCUT2D eigenvalue weighted by Crippen LogP contribution is 2.19. The number of hydrogen-bond donors (Lipinski definition) is 1. The summed E-state index contributed by atoms with van der Waals surface area (Å²) in [6, 6.07) is 19.3. The van der Waals surface area contributed by atoms with Crippen LogP contribution >= 0.6 is 0 Å². The Labute approximate surface area is 165 Å². The van der Waals surface area contributed by atoms with E-state index in [2.05, 4.69) is 47.1 Å². The van der Waals surface area contributed by atoms with E-state index >= 15 is 0 Å². The molecule has 0 fully saturated rings. The third-order valence-corrected chi connectivity index (χ3v) is 4.44. The van der Waals surface area contributed by atoms with E-state index < -0.39 is 0 Å². The number of para-hydroxylation sites is 1. The summed E-state index contributed by atoms with van der Waals surface area (Å²) < 4.78 is 7.69. The summed E-state index contributed by atoms with van der Waals surface area (Å²) in [7, 11) is 0. The molecule has 1 aromatic heterocycles. The van der Waals surface area contributed by atoms with Gasteiger partial charge in [0.05, 0.1) is 12.8 Å². The zero-order valence-corrected chi connectivity index (χ0v) is 16.5. The second-order valence-corrected chi connectivity index (χ2v) is 6.57. The quantitative estimate of drug-likeness (QED) is 0.483. The van der Waals surface area contributed by atoms with Gasteiger partial charge in [0.25, 0.3) is 5.91 Å². The molecule has 1 heterocycles. The molecular formula is C23H25N3O2. The number of amides is 1. The average Bonchev–Trinajstić information content (AvgIpc) is 3.00. The van der Waals surface area contributed by atoms with Crippen molar-refractivity contribution in [2.24, 2.45) is 5.10 Å². The van der Waals surface area contributed by atoms with Crippen molar-refractivity contribution in [2.75, 3.05) is 6.61 Å². The molecule has 5 heteroatoms. The molecule has 0 aliphatic carbocycles. The Kier molecular flexibility index (Phi) is 6.27. The van der Waals surface area contributed by atoms with Gasteiger partial charge in [0.2, 0.25) is 0 Å². The first-order valence-electron chi connectivity index (χ1n) is 9.40. The highest BCUT2D eigenvalue weighted by atomic mass is 16.5. The van der Waals surface area contributed by atoms with Crippen molar-refractivity contribution >= 4 is 12.1 Å². The number of hydrogen-bond acceptors (Lipinski definition) is 3. The Morgan fingerprint density at radius 1 is 1.11 bits per heavy atom. The van der Waals surface area contributed by atoms with Gasteiger partial charge in [0.1, 0.15) is 5.75 Å². The minimum absolute atomic E-state index is 0.254. The maximum Gasteiger partial charge on any atom is 0.271 e. The number of aromatic nitrogens is 1. The van der Waals surface area contributed by atoms with Gasteiger partial charge in [-0.05, 0) is 62.7 Å². The monoisotopic (exact) mass is 375 g/mol. The van der Waals surface area contributed by atoms with Crippen LogP contribution in [-0.2, 0) is 0 Å². The Bertz CT molecular complexity index is 958. The van der Waals surface area contributed by atoms with Crippen LogP contribution in [0.1, 0.15) is 40.7 Å². The lowest BCUT2D eigenvalue weighted by Gasteiger charge is -2.09. The van der Waals surface area contributed by atoms with Gasteiger partial charge in [0, 0.05) is 28.2 Å². The second-order valence-electron chi connectivity index (χ2n) is 6.57. The molecule has 0 aliphatic rings. The minimum atomic E-state index is -0.254. The van der Waals surface area contributed by atoms with Crippen LogP contribution in [0.4, 0.5) is 0 Å². The first kappa shape index (κ1) is 19.4. The molecule has 3 rings (SSSR count). The summed E-state index contributed by atoms with van der Waals surface area (Å²) in [6.45, 7) is 6.81. The molecule has 0 saturated heterocycles. The van der Waals surface area contributed by atoms with Crippen LogP contribution in [0.2, 0.25) is 0 Å². The topological polar surface area (TPSA) is 55.6 Å². The van der Waals surface area contributed by atoms with Crippen molar-refractivity contribution in [3.8, 4) is 11.4 Å². The SMILES string of the molecule is CCCOc1ccc(C(=O)N/N=C\c2cc(C)n(-c3ccccc3)c2C)cc1. The van der Waals surface area contributed by atoms with Crippen molar-refractivity contribution in [2.45, 2.75) is 27.2 Å². The Balaban J connectivity index is 1.67. The first-order chi connectivity index (χ1) is 13.6. The summed E-state index contributed by atoms with van der Waals surface area (Å²) in [4.78, 5) is 12.3. The lowest BCUT2D eigenvalue weighted by molar-refractivity contribution is 0.0955. The summed E-state index contributed by atoms with van der Waals surface area (Å²) in [5.41, 5.74) is 7.37. The van der Waals surface area contributed by atoms with E-state index in [4.69, 9.17) is 4.74 Å². The van der Waals surface area contributed by atoms with Crippen LogP contribution in [0.3, 0.4) is 0 Å². The number of rotatable bonds is 7. The van der Waals surface area contributed by atoms with Crippen LogP contribution in [0.15, 0.2) is 65.8 Å². The smallest absolute Gasteiger partial charge is 0.271 e. The molecule has 1 amide bonds. The number of nitrogens with zero attached hydrogens (tertiary/aromatic N) is 2. The number of carbonyl (C=O) groups is 1. The predicted molar refractivity (Wildman–Crippen MR) is 113 cm³/mol. The fourth-order valence-corrected chi connectivity index (χ4v) is 3.04. The summed E-state index contributed by atoms with van der Waals surface area (Å²) >= 11 is 0. The van der Waals surface area contributed by atoms with Crippen LogP contribution in [-0.4, -0.2) is 23.3 Å². The third-order valence-electron chi connectivity index (χ3n) is 4.44. The minimum Gasteiger partial charge on any atom is -0.494 e. The van der Waals surface area contributed by atoms with E-state index in [1.807, 2.05) is 25.1 Å². The largest absolute Gasteiger partial charge is 0.494 e. The Morgan fingerprint density at radius 3 is 2.50 bits per heavy atom.